The van der Waals surface area contributed by atoms with Crippen LogP contribution >= 0.6 is 11.3 Å². The number of benzene rings is 9. The maximum atomic E-state index is 7.01. The summed E-state index contributed by atoms with van der Waals surface area (Å²) in [6.45, 7) is 0. The summed E-state index contributed by atoms with van der Waals surface area (Å²) in [6, 6.07) is 70.4. The predicted molar refractivity (Wildman–Crippen MR) is 265 cm³/mol. The van der Waals surface area contributed by atoms with Crippen molar-refractivity contribution >= 4 is 97.1 Å². The molecule has 0 N–H and O–H groups in total. The smallest absolute Gasteiger partial charge is 0.167 e. The highest BCUT2D eigenvalue weighted by Crippen LogP contribution is 2.52. The Hall–Kier alpha value is -8.39. The molecule has 14 rings (SSSR count). The first-order valence-electron chi connectivity index (χ1n) is 21.5. The lowest BCUT2D eigenvalue weighted by Crippen LogP contribution is -2.01. The molecule has 0 saturated heterocycles. The van der Waals surface area contributed by atoms with Gasteiger partial charge in [-0.2, -0.15) is 0 Å². The number of nitrogens with zero attached hydrogens (tertiary/aromatic N) is 5. The van der Waals surface area contributed by atoms with Crippen molar-refractivity contribution in [3.8, 4) is 45.5 Å². The molecular weight excluding hydrogens is 803 g/mol. The number of hydrogen-bond acceptors (Lipinski definition) is 5. The SMILES string of the molecule is c1ccc(-c2nc(-c3ccccc3)nc(-c3ccc(-n4c5ccccc5c5c6sc7ccccc7c6c6c(c7ccccc7n6-c6ccccc6)c54)c4c3oc3ccccc34)n2)cc1. The van der Waals surface area contributed by atoms with Gasteiger partial charge < -0.3 is 13.6 Å². The van der Waals surface area contributed by atoms with Gasteiger partial charge in [-0.1, -0.05) is 152 Å². The molecule has 0 bridgehead atoms. The summed E-state index contributed by atoms with van der Waals surface area (Å²) in [7, 11) is 0. The Morgan fingerprint density at radius 2 is 0.906 bits per heavy atom. The van der Waals surface area contributed by atoms with Crippen LogP contribution in [0.1, 0.15) is 0 Å². The van der Waals surface area contributed by atoms with E-state index in [1.54, 1.807) is 0 Å². The molecule has 0 amide bonds. The minimum Gasteiger partial charge on any atom is -0.455 e. The van der Waals surface area contributed by atoms with Gasteiger partial charge in [0.05, 0.1) is 38.7 Å². The van der Waals surface area contributed by atoms with E-state index >= 15 is 0 Å². The van der Waals surface area contributed by atoms with E-state index in [4.69, 9.17) is 19.4 Å². The maximum absolute atomic E-state index is 7.01. The summed E-state index contributed by atoms with van der Waals surface area (Å²) in [5.74, 6) is 1.75. The zero-order valence-electron chi connectivity index (χ0n) is 34.1. The number of aromatic nitrogens is 5. The lowest BCUT2D eigenvalue weighted by molar-refractivity contribution is 0.669. The first-order chi connectivity index (χ1) is 31.8. The van der Waals surface area contributed by atoms with Crippen LogP contribution in [0.5, 0.6) is 0 Å². The van der Waals surface area contributed by atoms with Crippen molar-refractivity contribution in [3.63, 3.8) is 0 Å². The van der Waals surface area contributed by atoms with Crippen LogP contribution in [0.3, 0.4) is 0 Å². The zero-order chi connectivity index (χ0) is 41.9. The van der Waals surface area contributed by atoms with Gasteiger partial charge in [0.15, 0.2) is 17.5 Å². The fraction of sp³-hybridized carbons (Fsp3) is 0. The third kappa shape index (κ3) is 4.98. The first-order valence-corrected chi connectivity index (χ1v) is 22.3. The normalized spacial score (nSPS) is 12.1. The van der Waals surface area contributed by atoms with Crippen molar-refractivity contribution in [1.29, 1.82) is 0 Å². The summed E-state index contributed by atoms with van der Waals surface area (Å²) in [5, 5.41) is 9.42. The highest BCUT2D eigenvalue weighted by molar-refractivity contribution is 7.27. The molecular formula is C57H33N5OS. The van der Waals surface area contributed by atoms with Crippen molar-refractivity contribution in [2.24, 2.45) is 0 Å². The van der Waals surface area contributed by atoms with E-state index in [0.717, 1.165) is 61.0 Å². The number of thiophene rings is 1. The third-order valence-electron chi connectivity index (χ3n) is 12.7. The van der Waals surface area contributed by atoms with Gasteiger partial charge in [0, 0.05) is 63.9 Å². The molecule has 7 heteroatoms. The number of para-hydroxylation sites is 4. The van der Waals surface area contributed by atoms with E-state index in [1.165, 1.54) is 52.8 Å². The van der Waals surface area contributed by atoms with Crippen molar-refractivity contribution in [3.05, 3.63) is 200 Å². The average molecular weight is 836 g/mol. The predicted octanol–water partition coefficient (Wildman–Crippen LogP) is 15.3. The van der Waals surface area contributed by atoms with Crippen molar-refractivity contribution in [1.82, 2.24) is 24.1 Å². The van der Waals surface area contributed by atoms with Crippen molar-refractivity contribution in [2.45, 2.75) is 0 Å². The van der Waals surface area contributed by atoms with Crippen LogP contribution in [0.2, 0.25) is 0 Å². The molecule has 5 heterocycles. The maximum Gasteiger partial charge on any atom is 0.167 e. The Balaban J connectivity index is 1.16. The van der Waals surface area contributed by atoms with E-state index < -0.39 is 0 Å². The van der Waals surface area contributed by atoms with E-state index in [0.29, 0.717) is 17.5 Å². The van der Waals surface area contributed by atoms with Crippen LogP contribution in [0.25, 0.3) is 131 Å². The molecule has 0 radical (unpaired) electrons. The monoisotopic (exact) mass is 835 g/mol. The molecule has 64 heavy (non-hydrogen) atoms. The van der Waals surface area contributed by atoms with E-state index in [1.807, 2.05) is 78.1 Å². The molecule has 0 aliphatic heterocycles. The standard InChI is InChI=1S/C57H33N5OS/c1-4-18-34(19-5-1)55-58-56(35-20-6-2-7-21-35)60-57(59-55)41-32-33-44(47-39-26-12-16-30-45(39)63-53(41)47)62-43-29-15-11-25-38(43)49-52(62)48-37-24-10-14-28-42(37)61(36-22-8-3-9-23-36)51(48)50-40-27-13-17-31-46(40)64-54(49)50/h1-33H. The number of hydrogen-bond donors (Lipinski definition) is 0. The van der Waals surface area contributed by atoms with E-state index in [2.05, 4.69) is 143 Å². The van der Waals surface area contributed by atoms with Crippen molar-refractivity contribution in [2.75, 3.05) is 0 Å². The molecule has 0 aliphatic rings. The molecule has 14 aromatic rings. The number of fused-ring (bicyclic) bond motifs is 15. The van der Waals surface area contributed by atoms with Gasteiger partial charge in [-0.05, 0) is 48.5 Å². The van der Waals surface area contributed by atoms with Crippen LogP contribution in [-0.4, -0.2) is 24.1 Å². The molecule has 5 aromatic heterocycles. The Morgan fingerprint density at radius 1 is 0.391 bits per heavy atom. The molecule has 9 aromatic carbocycles. The zero-order valence-corrected chi connectivity index (χ0v) is 34.9. The Kier molecular flexibility index (Phi) is 7.46. The van der Waals surface area contributed by atoms with Crippen LogP contribution in [0.15, 0.2) is 205 Å². The summed E-state index contributed by atoms with van der Waals surface area (Å²) < 4.78 is 14.5. The molecule has 0 aliphatic carbocycles. The summed E-state index contributed by atoms with van der Waals surface area (Å²) in [6.07, 6.45) is 0. The molecule has 0 saturated carbocycles. The van der Waals surface area contributed by atoms with Crippen LogP contribution in [0, 0.1) is 0 Å². The Bertz CT molecular complexity index is 4130. The van der Waals surface area contributed by atoms with E-state index in [-0.39, 0.29) is 0 Å². The van der Waals surface area contributed by atoms with Crippen LogP contribution < -0.4 is 0 Å². The fourth-order valence-corrected chi connectivity index (χ4v) is 11.3. The third-order valence-corrected chi connectivity index (χ3v) is 13.9. The van der Waals surface area contributed by atoms with Gasteiger partial charge in [-0.15, -0.1) is 11.3 Å². The summed E-state index contributed by atoms with van der Waals surface area (Å²) in [5.41, 5.74) is 10.9. The second-order valence-electron chi connectivity index (χ2n) is 16.3. The summed E-state index contributed by atoms with van der Waals surface area (Å²) in [4.78, 5) is 15.4. The van der Waals surface area contributed by atoms with Crippen LogP contribution in [0.4, 0.5) is 0 Å². The highest BCUT2D eigenvalue weighted by atomic mass is 32.1. The first kappa shape index (κ1) is 35.2. The average Bonchev–Trinajstić information content (AvgIpc) is 4.13. The fourth-order valence-electron chi connectivity index (χ4n) is 10.1. The van der Waals surface area contributed by atoms with Gasteiger partial charge in [-0.3, -0.25) is 0 Å². The van der Waals surface area contributed by atoms with Gasteiger partial charge in [-0.25, -0.2) is 15.0 Å². The van der Waals surface area contributed by atoms with Gasteiger partial charge in [0.2, 0.25) is 0 Å². The number of rotatable bonds is 5. The molecule has 0 fully saturated rings. The molecule has 298 valence electrons. The second kappa shape index (κ2) is 13.6. The van der Waals surface area contributed by atoms with Gasteiger partial charge in [0.25, 0.3) is 0 Å². The quantitative estimate of drug-likeness (QED) is 0.173. The minimum atomic E-state index is 0.547. The molecule has 0 spiro atoms. The lowest BCUT2D eigenvalue weighted by Gasteiger charge is -2.14. The molecule has 0 unspecified atom stereocenters. The number of furan rings is 1. The summed E-state index contributed by atoms with van der Waals surface area (Å²) >= 11 is 1.88. The van der Waals surface area contributed by atoms with Gasteiger partial charge >= 0.3 is 0 Å². The van der Waals surface area contributed by atoms with Crippen molar-refractivity contribution < 1.29 is 4.42 Å². The Morgan fingerprint density at radius 3 is 1.61 bits per heavy atom. The highest BCUT2D eigenvalue weighted by Gasteiger charge is 2.29. The van der Waals surface area contributed by atoms with E-state index in [9.17, 15) is 0 Å². The minimum absolute atomic E-state index is 0.547. The second-order valence-corrected chi connectivity index (χ2v) is 17.3. The largest absolute Gasteiger partial charge is 0.455 e. The Labute approximate surface area is 369 Å². The molecule has 0 atom stereocenters. The molecule has 6 nitrogen and oxygen atoms in total. The lowest BCUT2D eigenvalue weighted by atomic mass is 10.0. The van der Waals surface area contributed by atoms with Crippen LogP contribution in [-0.2, 0) is 0 Å². The van der Waals surface area contributed by atoms with Gasteiger partial charge in [0.1, 0.15) is 11.2 Å². The topological polar surface area (TPSA) is 61.7 Å².